The van der Waals surface area contributed by atoms with E-state index in [1.54, 1.807) is 6.07 Å². The van der Waals surface area contributed by atoms with E-state index in [4.69, 9.17) is 0 Å². The number of rotatable bonds is 5. The van der Waals surface area contributed by atoms with Crippen LogP contribution < -0.4 is 5.32 Å². The van der Waals surface area contributed by atoms with E-state index in [1.807, 2.05) is 19.1 Å². The number of anilines is 1. The number of benzene rings is 1. The molecule has 0 amide bonds. The summed E-state index contributed by atoms with van der Waals surface area (Å²) in [6, 6.07) is 5.31. The van der Waals surface area contributed by atoms with Crippen LogP contribution >= 0.6 is 0 Å². The number of halogens is 1. The van der Waals surface area contributed by atoms with E-state index in [9.17, 15) is 4.39 Å². The molecule has 0 radical (unpaired) electrons. The number of hydrogen-bond acceptors (Lipinski definition) is 1. The van der Waals surface area contributed by atoms with Crippen LogP contribution in [-0.4, -0.2) is 6.54 Å². The molecule has 1 rings (SSSR count). The predicted molar refractivity (Wildman–Crippen MR) is 63.7 cm³/mol. The van der Waals surface area contributed by atoms with Gasteiger partial charge in [-0.05, 0) is 30.5 Å². The Morgan fingerprint density at radius 1 is 1.27 bits per heavy atom. The van der Waals surface area contributed by atoms with E-state index in [0.717, 1.165) is 24.9 Å². The third-order valence-electron chi connectivity index (χ3n) is 2.86. The summed E-state index contributed by atoms with van der Waals surface area (Å²) in [5, 5.41) is 3.17. The minimum absolute atomic E-state index is 0.152. The second-order valence-electron chi connectivity index (χ2n) is 4.05. The quantitative estimate of drug-likeness (QED) is 0.773. The summed E-state index contributed by atoms with van der Waals surface area (Å²) in [6.07, 6.45) is 2.27. The monoisotopic (exact) mass is 209 g/mol. The Hall–Kier alpha value is -1.05. The Labute approximate surface area is 91.7 Å². The Kier molecular flexibility index (Phi) is 4.60. The van der Waals surface area contributed by atoms with Crippen molar-refractivity contribution in [3.05, 3.63) is 29.6 Å². The standard InChI is InChI=1S/C13H20FN/c1-4-11(5-2)9-15-13-7-6-10(3)8-12(13)14/h6-8,11,15H,4-5,9H2,1-3H3. The fourth-order valence-corrected chi connectivity index (χ4v) is 1.60. The van der Waals surface area contributed by atoms with Gasteiger partial charge in [-0.1, -0.05) is 32.8 Å². The van der Waals surface area contributed by atoms with Crippen LogP contribution in [0.5, 0.6) is 0 Å². The van der Waals surface area contributed by atoms with Gasteiger partial charge in [-0.2, -0.15) is 0 Å². The molecule has 15 heavy (non-hydrogen) atoms. The van der Waals surface area contributed by atoms with E-state index in [2.05, 4.69) is 19.2 Å². The van der Waals surface area contributed by atoms with Gasteiger partial charge in [0.05, 0.1) is 5.69 Å². The lowest BCUT2D eigenvalue weighted by molar-refractivity contribution is 0.517. The van der Waals surface area contributed by atoms with Crippen molar-refractivity contribution < 1.29 is 4.39 Å². The van der Waals surface area contributed by atoms with Crippen LogP contribution in [0.3, 0.4) is 0 Å². The van der Waals surface area contributed by atoms with Gasteiger partial charge in [-0.15, -0.1) is 0 Å². The zero-order valence-corrected chi connectivity index (χ0v) is 9.81. The van der Waals surface area contributed by atoms with Gasteiger partial charge in [0.15, 0.2) is 0 Å². The lowest BCUT2D eigenvalue weighted by Crippen LogP contribution is -2.13. The van der Waals surface area contributed by atoms with Crippen LogP contribution in [0.2, 0.25) is 0 Å². The summed E-state index contributed by atoms with van der Waals surface area (Å²) in [5.41, 5.74) is 1.58. The Morgan fingerprint density at radius 2 is 1.93 bits per heavy atom. The zero-order valence-electron chi connectivity index (χ0n) is 9.81. The van der Waals surface area contributed by atoms with Gasteiger partial charge < -0.3 is 5.32 Å². The van der Waals surface area contributed by atoms with E-state index < -0.39 is 0 Å². The zero-order chi connectivity index (χ0) is 11.3. The first-order valence-corrected chi connectivity index (χ1v) is 5.67. The molecule has 0 unspecified atom stereocenters. The van der Waals surface area contributed by atoms with Crippen LogP contribution in [0.25, 0.3) is 0 Å². The van der Waals surface area contributed by atoms with Crippen molar-refractivity contribution in [2.45, 2.75) is 33.6 Å². The summed E-state index contributed by atoms with van der Waals surface area (Å²) < 4.78 is 13.4. The second-order valence-corrected chi connectivity index (χ2v) is 4.05. The Bertz CT molecular complexity index is 305. The van der Waals surface area contributed by atoms with Gasteiger partial charge in [0, 0.05) is 6.54 Å². The number of nitrogens with one attached hydrogen (secondary N) is 1. The third kappa shape index (κ3) is 3.54. The highest BCUT2D eigenvalue weighted by atomic mass is 19.1. The van der Waals surface area contributed by atoms with E-state index in [1.165, 1.54) is 0 Å². The minimum atomic E-state index is -0.152. The van der Waals surface area contributed by atoms with Crippen LogP contribution in [0.1, 0.15) is 32.3 Å². The number of hydrogen-bond donors (Lipinski definition) is 1. The van der Waals surface area contributed by atoms with Gasteiger partial charge >= 0.3 is 0 Å². The van der Waals surface area contributed by atoms with Crippen LogP contribution in [-0.2, 0) is 0 Å². The van der Waals surface area contributed by atoms with Crippen molar-refractivity contribution in [2.24, 2.45) is 5.92 Å². The molecule has 1 aromatic carbocycles. The molecule has 0 saturated carbocycles. The maximum atomic E-state index is 13.4. The average molecular weight is 209 g/mol. The lowest BCUT2D eigenvalue weighted by Gasteiger charge is -2.14. The third-order valence-corrected chi connectivity index (χ3v) is 2.86. The van der Waals surface area contributed by atoms with Crippen LogP contribution in [0.4, 0.5) is 10.1 Å². The average Bonchev–Trinajstić information content (AvgIpc) is 2.22. The SMILES string of the molecule is CCC(CC)CNc1ccc(C)cc1F. The van der Waals surface area contributed by atoms with E-state index in [-0.39, 0.29) is 5.82 Å². The fourth-order valence-electron chi connectivity index (χ4n) is 1.60. The minimum Gasteiger partial charge on any atom is -0.382 e. The molecule has 0 fully saturated rings. The first-order valence-electron chi connectivity index (χ1n) is 5.67. The molecule has 1 N–H and O–H groups in total. The molecule has 2 heteroatoms. The predicted octanol–water partition coefficient (Wildman–Crippen LogP) is 3.98. The molecule has 0 aliphatic rings. The Balaban J connectivity index is 2.57. The van der Waals surface area contributed by atoms with Gasteiger partial charge in [-0.3, -0.25) is 0 Å². The molecule has 0 saturated heterocycles. The largest absolute Gasteiger partial charge is 0.382 e. The Morgan fingerprint density at radius 3 is 2.47 bits per heavy atom. The van der Waals surface area contributed by atoms with Gasteiger partial charge in [0.1, 0.15) is 5.82 Å². The maximum absolute atomic E-state index is 13.4. The van der Waals surface area contributed by atoms with Gasteiger partial charge in [-0.25, -0.2) is 4.39 Å². The van der Waals surface area contributed by atoms with Crippen molar-refractivity contribution in [1.82, 2.24) is 0 Å². The van der Waals surface area contributed by atoms with Crippen molar-refractivity contribution in [3.8, 4) is 0 Å². The highest BCUT2D eigenvalue weighted by Crippen LogP contribution is 2.16. The molecular weight excluding hydrogens is 189 g/mol. The normalized spacial score (nSPS) is 10.7. The van der Waals surface area contributed by atoms with E-state index >= 15 is 0 Å². The topological polar surface area (TPSA) is 12.0 Å². The molecule has 0 heterocycles. The van der Waals surface area contributed by atoms with Gasteiger partial charge in [0.25, 0.3) is 0 Å². The maximum Gasteiger partial charge on any atom is 0.146 e. The van der Waals surface area contributed by atoms with Crippen molar-refractivity contribution in [2.75, 3.05) is 11.9 Å². The molecule has 0 aliphatic heterocycles. The van der Waals surface area contributed by atoms with Crippen molar-refractivity contribution in [3.63, 3.8) is 0 Å². The summed E-state index contributed by atoms with van der Waals surface area (Å²) in [6.45, 7) is 7.09. The first-order chi connectivity index (χ1) is 7.17. The lowest BCUT2D eigenvalue weighted by atomic mass is 10.0. The summed E-state index contributed by atoms with van der Waals surface area (Å²) >= 11 is 0. The highest BCUT2D eigenvalue weighted by molar-refractivity contribution is 5.46. The van der Waals surface area contributed by atoms with Crippen LogP contribution in [0, 0.1) is 18.7 Å². The molecule has 0 aliphatic carbocycles. The van der Waals surface area contributed by atoms with Gasteiger partial charge in [0.2, 0.25) is 0 Å². The van der Waals surface area contributed by atoms with Crippen molar-refractivity contribution in [1.29, 1.82) is 0 Å². The molecule has 0 spiro atoms. The number of aryl methyl sites for hydroxylation is 1. The highest BCUT2D eigenvalue weighted by Gasteiger charge is 2.05. The molecule has 0 bridgehead atoms. The smallest absolute Gasteiger partial charge is 0.146 e. The molecule has 0 atom stereocenters. The summed E-state index contributed by atoms with van der Waals surface area (Å²) in [7, 11) is 0. The molecule has 1 aromatic rings. The molecular formula is C13H20FN. The fraction of sp³-hybridized carbons (Fsp3) is 0.538. The van der Waals surface area contributed by atoms with E-state index in [0.29, 0.717) is 11.6 Å². The first kappa shape index (κ1) is 12.0. The van der Waals surface area contributed by atoms with Crippen molar-refractivity contribution >= 4 is 5.69 Å². The molecule has 0 aromatic heterocycles. The second kappa shape index (κ2) is 5.74. The summed E-state index contributed by atoms with van der Waals surface area (Å²) in [5.74, 6) is 0.478. The molecule has 1 nitrogen and oxygen atoms in total. The summed E-state index contributed by atoms with van der Waals surface area (Å²) in [4.78, 5) is 0. The molecule has 84 valence electrons. The van der Waals surface area contributed by atoms with Crippen LogP contribution in [0.15, 0.2) is 18.2 Å².